The van der Waals surface area contributed by atoms with Crippen LogP contribution in [0.5, 0.6) is 0 Å². The van der Waals surface area contributed by atoms with E-state index < -0.39 is 0 Å². The predicted molar refractivity (Wildman–Crippen MR) is 73.7 cm³/mol. The average Bonchev–Trinajstić information content (AvgIpc) is 2.76. The van der Waals surface area contributed by atoms with E-state index in [1.807, 2.05) is 19.2 Å². The van der Waals surface area contributed by atoms with Crippen LogP contribution in [0.2, 0.25) is 0 Å². The fourth-order valence-electron chi connectivity index (χ4n) is 2.45. The summed E-state index contributed by atoms with van der Waals surface area (Å²) in [4.78, 5) is 14.0. The Hall–Kier alpha value is -1.33. The van der Waals surface area contributed by atoms with Crippen LogP contribution in [0.4, 0.5) is 0 Å². The molecule has 0 spiro atoms. The van der Waals surface area contributed by atoms with Crippen LogP contribution in [0.3, 0.4) is 0 Å². The SMILES string of the molecule is CN(CC(=O)NCc1ccco1)C1CCCNCC1. The second-order valence-corrected chi connectivity index (χ2v) is 5.11. The summed E-state index contributed by atoms with van der Waals surface area (Å²) in [5.41, 5.74) is 0. The van der Waals surface area contributed by atoms with Crippen LogP contribution in [0.15, 0.2) is 22.8 Å². The van der Waals surface area contributed by atoms with E-state index in [4.69, 9.17) is 4.42 Å². The van der Waals surface area contributed by atoms with Crippen LogP contribution in [-0.4, -0.2) is 43.5 Å². The molecule has 0 radical (unpaired) electrons. The van der Waals surface area contributed by atoms with Crippen molar-refractivity contribution in [2.75, 3.05) is 26.7 Å². The quantitative estimate of drug-likeness (QED) is 0.833. The molecule has 1 aliphatic heterocycles. The second-order valence-electron chi connectivity index (χ2n) is 5.11. The van der Waals surface area contributed by atoms with Gasteiger partial charge in [-0.2, -0.15) is 0 Å². The number of hydrogen-bond donors (Lipinski definition) is 2. The summed E-state index contributed by atoms with van der Waals surface area (Å²) in [5, 5.41) is 6.27. The summed E-state index contributed by atoms with van der Waals surface area (Å²) in [6, 6.07) is 4.19. The first-order chi connectivity index (χ1) is 9.25. The number of hydrogen-bond acceptors (Lipinski definition) is 4. The number of nitrogens with zero attached hydrogens (tertiary/aromatic N) is 1. The van der Waals surface area contributed by atoms with Gasteiger partial charge in [0, 0.05) is 6.04 Å². The average molecular weight is 265 g/mol. The van der Waals surface area contributed by atoms with E-state index in [0.717, 1.165) is 31.7 Å². The van der Waals surface area contributed by atoms with Gasteiger partial charge in [0.1, 0.15) is 5.76 Å². The fourth-order valence-corrected chi connectivity index (χ4v) is 2.45. The lowest BCUT2D eigenvalue weighted by atomic mass is 10.1. The lowest BCUT2D eigenvalue weighted by Crippen LogP contribution is -2.40. The maximum absolute atomic E-state index is 11.9. The minimum absolute atomic E-state index is 0.0520. The molecule has 19 heavy (non-hydrogen) atoms. The molecule has 2 rings (SSSR count). The zero-order valence-corrected chi connectivity index (χ0v) is 11.5. The largest absolute Gasteiger partial charge is 0.467 e. The molecule has 1 unspecified atom stereocenters. The van der Waals surface area contributed by atoms with Crippen molar-refractivity contribution in [3.63, 3.8) is 0 Å². The highest BCUT2D eigenvalue weighted by Crippen LogP contribution is 2.11. The summed E-state index contributed by atoms with van der Waals surface area (Å²) in [7, 11) is 2.03. The highest BCUT2D eigenvalue weighted by Gasteiger charge is 2.18. The Balaban J connectivity index is 1.71. The molecule has 1 amide bonds. The zero-order chi connectivity index (χ0) is 13.5. The summed E-state index contributed by atoms with van der Waals surface area (Å²) in [6.45, 7) is 3.05. The van der Waals surface area contributed by atoms with Crippen LogP contribution in [0.1, 0.15) is 25.0 Å². The van der Waals surface area contributed by atoms with E-state index in [2.05, 4.69) is 15.5 Å². The Labute approximate surface area is 114 Å². The molecule has 1 aromatic heterocycles. The molecule has 2 N–H and O–H groups in total. The molecule has 2 heterocycles. The van der Waals surface area contributed by atoms with E-state index in [9.17, 15) is 4.79 Å². The molecule has 1 saturated heterocycles. The molecular weight excluding hydrogens is 242 g/mol. The van der Waals surface area contributed by atoms with Gasteiger partial charge < -0.3 is 15.1 Å². The molecule has 1 atom stereocenters. The molecule has 0 bridgehead atoms. The second kappa shape index (κ2) is 7.31. The van der Waals surface area contributed by atoms with Crippen molar-refractivity contribution in [3.05, 3.63) is 24.2 Å². The van der Waals surface area contributed by atoms with E-state index in [-0.39, 0.29) is 5.91 Å². The first kappa shape index (κ1) is 14.1. The number of amides is 1. The summed E-state index contributed by atoms with van der Waals surface area (Å²) < 4.78 is 5.19. The maximum Gasteiger partial charge on any atom is 0.234 e. The standard InChI is InChI=1S/C14H23N3O2/c1-17(12-4-2-7-15-8-6-12)11-14(18)16-10-13-5-3-9-19-13/h3,5,9,12,15H,2,4,6-8,10-11H2,1H3,(H,16,18). The third kappa shape index (κ3) is 4.69. The van der Waals surface area contributed by atoms with Gasteiger partial charge in [-0.1, -0.05) is 0 Å². The molecule has 0 aromatic carbocycles. The minimum atomic E-state index is 0.0520. The highest BCUT2D eigenvalue weighted by atomic mass is 16.3. The van der Waals surface area contributed by atoms with E-state index in [1.165, 1.54) is 6.42 Å². The number of furan rings is 1. The van der Waals surface area contributed by atoms with E-state index in [0.29, 0.717) is 19.1 Å². The summed E-state index contributed by atoms with van der Waals surface area (Å²) in [6.07, 6.45) is 5.08. The van der Waals surface area contributed by atoms with Gasteiger partial charge in [-0.15, -0.1) is 0 Å². The summed E-state index contributed by atoms with van der Waals surface area (Å²) >= 11 is 0. The van der Waals surface area contributed by atoms with E-state index in [1.54, 1.807) is 6.26 Å². The van der Waals surface area contributed by atoms with Crippen molar-refractivity contribution in [2.45, 2.75) is 31.8 Å². The molecule has 1 aliphatic rings. The number of nitrogens with one attached hydrogen (secondary N) is 2. The molecule has 1 aromatic rings. The molecule has 0 saturated carbocycles. The molecule has 0 aliphatic carbocycles. The van der Waals surface area contributed by atoms with Gasteiger partial charge in [0.15, 0.2) is 0 Å². The van der Waals surface area contributed by atoms with Gasteiger partial charge in [-0.25, -0.2) is 0 Å². The zero-order valence-electron chi connectivity index (χ0n) is 11.5. The number of carbonyl (C=O) groups excluding carboxylic acids is 1. The Bertz CT molecular complexity index is 370. The first-order valence-corrected chi connectivity index (χ1v) is 6.96. The monoisotopic (exact) mass is 265 g/mol. The number of rotatable bonds is 5. The van der Waals surface area contributed by atoms with Gasteiger partial charge in [-0.3, -0.25) is 9.69 Å². The molecule has 1 fully saturated rings. The van der Waals surface area contributed by atoms with Crippen molar-refractivity contribution in [3.8, 4) is 0 Å². The third-order valence-corrected chi connectivity index (χ3v) is 3.60. The Morgan fingerprint density at radius 2 is 2.42 bits per heavy atom. The highest BCUT2D eigenvalue weighted by molar-refractivity contribution is 5.77. The Morgan fingerprint density at radius 3 is 3.21 bits per heavy atom. The van der Waals surface area contributed by atoms with Crippen molar-refractivity contribution in [1.82, 2.24) is 15.5 Å². The Kier molecular flexibility index (Phi) is 5.42. The molecule has 5 heteroatoms. The smallest absolute Gasteiger partial charge is 0.234 e. The molecular formula is C14H23N3O2. The first-order valence-electron chi connectivity index (χ1n) is 6.96. The van der Waals surface area contributed by atoms with Gasteiger partial charge in [0.2, 0.25) is 5.91 Å². The van der Waals surface area contributed by atoms with Crippen LogP contribution in [0.25, 0.3) is 0 Å². The number of likely N-dealkylation sites (N-methyl/N-ethyl adjacent to an activating group) is 1. The molecule has 5 nitrogen and oxygen atoms in total. The topological polar surface area (TPSA) is 57.5 Å². The molecule has 106 valence electrons. The Morgan fingerprint density at radius 1 is 1.53 bits per heavy atom. The maximum atomic E-state index is 11.9. The van der Waals surface area contributed by atoms with Crippen molar-refractivity contribution < 1.29 is 9.21 Å². The third-order valence-electron chi connectivity index (χ3n) is 3.60. The van der Waals surface area contributed by atoms with Crippen LogP contribution in [0, 0.1) is 0 Å². The lowest BCUT2D eigenvalue weighted by Gasteiger charge is -2.26. The predicted octanol–water partition coefficient (Wildman–Crippen LogP) is 0.970. The van der Waals surface area contributed by atoms with Gasteiger partial charge >= 0.3 is 0 Å². The lowest BCUT2D eigenvalue weighted by molar-refractivity contribution is -0.122. The minimum Gasteiger partial charge on any atom is -0.467 e. The normalized spacial score (nSPS) is 20.2. The van der Waals surface area contributed by atoms with Crippen LogP contribution >= 0.6 is 0 Å². The van der Waals surface area contributed by atoms with Crippen molar-refractivity contribution in [1.29, 1.82) is 0 Å². The van der Waals surface area contributed by atoms with Crippen LogP contribution in [-0.2, 0) is 11.3 Å². The van der Waals surface area contributed by atoms with Crippen molar-refractivity contribution in [2.24, 2.45) is 0 Å². The summed E-state index contributed by atoms with van der Waals surface area (Å²) in [5.74, 6) is 0.839. The van der Waals surface area contributed by atoms with E-state index >= 15 is 0 Å². The van der Waals surface area contributed by atoms with Gasteiger partial charge in [0.05, 0.1) is 19.4 Å². The van der Waals surface area contributed by atoms with Gasteiger partial charge in [0.25, 0.3) is 0 Å². The van der Waals surface area contributed by atoms with Crippen molar-refractivity contribution >= 4 is 5.91 Å². The van der Waals surface area contributed by atoms with Gasteiger partial charge in [-0.05, 0) is 51.5 Å². The fraction of sp³-hybridized carbons (Fsp3) is 0.643. The van der Waals surface area contributed by atoms with Crippen LogP contribution < -0.4 is 10.6 Å². The number of carbonyl (C=O) groups is 1.